The highest BCUT2D eigenvalue weighted by Crippen LogP contribution is 2.03. The molecule has 2 N–H and O–H groups in total. The van der Waals surface area contributed by atoms with Gasteiger partial charge < -0.3 is 10.4 Å². The van der Waals surface area contributed by atoms with Crippen LogP contribution in [0, 0.1) is 0 Å². The second kappa shape index (κ2) is 6.58. The van der Waals surface area contributed by atoms with Gasteiger partial charge in [0.05, 0.1) is 0 Å². The van der Waals surface area contributed by atoms with Crippen LogP contribution in [0.2, 0.25) is 0 Å². The summed E-state index contributed by atoms with van der Waals surface area (Å²) in [6.45, 7) is 3.05. The zero-order chi connectivity index (χ0) is 13.6. The molecule has 0 fully saturated rings. The second-order valence-electron chi connectivity index (χ2n) is 4.17. The third-order valence-corrected chi connectivity index (χ3v) is 3.93. The molecule has 7 heteroatoms. The minimum atomic E-state index is -3.39. The molecule has 0 aromatic carbocycles. The number of carboxylic acid groups (broad SMARTS) is 1. The molecule has 17 heavy (non-hydrogen) atoms. The number of aliphatic carboxylic acids is 1. The van der Waals surface area contributed by atoms with Crippen molar-refractivity contribution >= 4 is 21.7 Å². The highest BCUT2D eigenvalue weighted by atomic mass is 32.2. The van der Waals surface area contributed by atoms with Gasteiger partial charge in [-0.05, 0) is 26.7 Å². The SMILES string of the molecule is CC(CCCC(=O)O)NC(=O)C(C)S(C)(=O)=O. The first-order chi connectivity index (χ1) is 7.64. The number of nitrogens with one attached hydrogen (secondary N) is 1. The Morgan fingerprint density at radius 1 is 1.29 bits per heavy atom. The van der Waals surface area contributed by atoms with Crippen LogP contribution < -0.4 is 5.32 Å². The van der Waals surface area contributed by atoms with Gasteiger partial charge in [0.2, 0.25) is 5.91 Å². The summed E-state index contributed by atoms with van der Waals surface area (Å²) in [5.41, 5.74) is 0. The van der Waals surface area contributed by atoms with Crippen LogP contribution in [0.25, 0.3) is 0 Å². The summed E-state index contributed by atoms with van der Waals surface area (Å²) in [6.07, 6.45) is 2.01. The average molecular weight is 265 g/mol. The van der Waals surface area contributed by atoms with Gasteiger partial charge in [-0.25, -0.2) is 8.42 Å². The Labute approximate surface area is 101 Å². The Morgan fingerprint density at radius 2 is 1.82 bits per heavy atom. The molecule has 0 rings (SSSR count). The largest absolute Gasteiger partial charge is 0.481 e. The van der Waals surface area contributed by atoms with E-state index in [1.54, 1.807) is 6.92 Å². The smallest absolute Gasteiger partial charge is 0.303 e. The number of carboxylic acids is 1. The van der Waals surface area contributed by atoms with Crippen LogP contribution in [0.1, 0.15) is 33.1 Å². The molecule has 0 saturated carbocycles. The zero-order valence-electron chi connectivity index (χ0n) is 10.3. The first kappa shape index (κ1) is 15.9. The molecule has 6 nitrogen and oxygen atoms in total. The fourth-order valence-corrected chi connectivity index (χ4v) is 1.64. The number of carbonyl (C=O) groups excluding carboxylic acids is 1. The topological polar surface area (TPSA) is 101 Å². The molecular formula is C10H19NO5S. The maximum Gasteiger partial charge on any atom is 0.303 e. The summed E-state index contributed by atoms with van der Waals surface area (Å²) in [7, 11) is -3.39. The Kier molecular flexibility index (Phi) is 6.15. The van der Waals surface area contributed by atoms with E-state index in [4.69, 9.17) is 5.11 Å². The zero-order valence-corrected chi connectivity index (χ0v) is 11.1. The summed E-state index contributed by atoms with van der Waals surface area (Å²) in [5, 5.41) is 9.91. The van der Waals surface area contributed by atoms with E-state index >= 15 is 0 Å². The summed E-state index contributed by atoms with van der Waals surface area (Å²) < 4.78 is 22.2. The van der Waals surface area contributed by atoms with Crippen LogP contribution in [0.5, 0.6) is 0 Å². The van der Waals surface area contributed by atoms with Crippen molar-refractivity contribution < 1.29 is 23.1 Å². The van der Waals surface area contributed by atoms with E-state index in [-0.39, 0.29) is 12.5 Å². The van der Waals surface area contributed by atoms with E-state index in [0.717, 1.165) is 6.26 Å². The van der Waals surface area contributed by atoms with Gasteiger partial charge in [-0.2, -0.15) is 0 Å². The standard InChI is InChI=1S/C10H19NO5S/c1-7(5-4-6-9(12)13)11-10(14)8(2)17(3,15)16/h7-8H,4-6H2,1-3H3,(H,11,14)(H,12,13). The van der Waals surface area contributed by atoms with Gasteiger partial charge in [0.25, 0.3) is 0 Å². The minimum Gasteiger partial charge on any atom is -0.481 e. The molecule has 2 atom stereocenters. The Bertz CT molecular complexity index is 376. The molecule has 0 aromatic heterocycles. The fraction of sp³-hybridized carbons (Fsp3) is 0.800. The lowest BCUT2D eigenvalue weighted by Crippen LogP contribution is -2.41. The molecule has 1 amide bonds. The first-order valence-electron chi connectivity index (χ1n) is 5.35. The summed E-state index contributed by atoms with van der Waals surface area (Å²) in [5.74, 6) is -1.43. The van der Waals surface area contributed by atoms with Crippen molar-refractivity contribution in [3.05, 3.63) is 0 Å². The maximum absolute atomic E-state index is 11.5. The van der Waals surface area contributed by atoms with Gasteiger partial charge in [0.15, 0.2) is 9.84 Å². The van der Waals surface area contributed by atoms with Gasteiger partial charge in [-0.15, -0.1) is 0 Å². The van der Waals surface area contributed by atoms with E-state index in [0.29, 0.717) is 12.8 Å². The van der Waals surface area contributed by atoms with Crippen molar-refractivity contribution in [1.82, 2.24) is 5.32 Å². The van der Waals surface area contributed by atoms with Gasteiger partial charge in [-0.1, -0.05) is 0 Å². The number of amides is 1. The highest BCUT2D eigenvalue weighted by Gasteiger charge is 2.24. The van der Waals surface area contributed by atoms with Gasteiger partial charge in [0, 0.05) is 18.7 Å². The van der Waals surface area contributed by atoms with Crippen LogP contribution in [0.3, 0.4) is 0 Å². The number of sulfone groups is 1. The highest BCUT2D eigenvalue weighted by molar-refractivity contribution is 7.92. The van der Waals surface area contributed by atoms with Crippen LogP contribution in [-0.2, 0) is 19.4 Å². The predicted molar refractivity (Wildman–Crippen MR) is 63.4 cm³/mol. The molecule has 0 radical (unpaired) electrons. The van der Waals surface area contributed by atoms with Crippen molar-refractivity contribution in [2.75, 3.05) is 6.26 Å². The first-order valence-corrected chi connectivity index (χ1v) is 7.31. The Morgan fingerprint density at radius 3 is 2.24 bits per heavy atom. The summed E-state index contributed by atoms with van der Waals surface area (Å²) in [6, 6.07) is -0.231. The molecule has 2 unspecified atom stereocenters. The molecule has 0 aromatic rings. The van der Waals surface area contributed by atoms with Gasteiger partial charge in [0.1, 0.15) is 5.25 Å². The molecule has 0 bridgehead atoms. The molecule has 0 heterocycles. The van der Waals surface area contributed by atoms with Crippen LogP contribution in [0.4, 0.5) is 0 Å². The molecule has 0 aliphatic rings. The van der Waals surface area contributed by atoms with Crippen LogP contribution >= 0.6 is 0 Å². The number of hydrogen-bond donors (Lipinski definition) is 2. The molecule has 0 saturated heterocycles. The summed E-state index contributed by atoms with van der Waals surface area (Å²) in [4.78, 5) is 21.8. The van der Waals surface area contributed by atoms with Crippen LogP contribution in [0.15, 0.2) is 0 Å². The van der Waals surface area contributed by atoms with Crippen molar-refractivity contribution in [2.45, 2.75) is 44.4 Å². The van der Waals surface area contributed by atoms with E-state index in [1.165, 1.54) is 6.92 Å². The van der Waals surface area contributed by atoms with Crippen molar-refractivity contribution in [1.29, 1.82) is 0 Å². The lowest BCUT2D eigenvalue weighted by Gasteiger charge is -2.16. The van der Waals surface area contributed by atoms with E-state index in [9.17, 15) is 18.0 Å². The monoisotopic (exact) mass is 265 g/mol. The third-order valence-electron chi connectivity index (χ3n) is 2.43. The maximum atomic E-state index is 11.5. The Hall–Kier alpha value is -1.11. The summed E-state index contributed by atoms with van der Waals surface area (Å²) >= 11 is 0. The average Bonchev–Trinajstić information content (AvgIpc) is 2.14. The van der Waals surface area contributed by atoms with Crippen molar-refractivity contribution in [3.63, 3.8) is 0 Å². The third kappa shape index (κ3) is 6.93. The van der Waals surface area contributed by atoms with E-state index < -0.39 is 27.0 Å². The predicted octanol–water partition coefficient (Wildman–Crippen LogP) is 0.179. The number of carbonyl (C=O) groups is 2. The lowest BCUT2D eigenvalue weighted by molar-refractivity contribution is -0.137. The van der Waals surface area contributed by atoms with E-state index in [2.05, 4.69) is 5.32 Å². The fourth-order valence-electron chi connectivity index (χ4n) is 1.19. The number of rotatable bonds is 7. The minimum absolute atomic E-state index is 0.0435. The number of hydrogen-bond acceptors (Lipinski definition) is 4. The molecule has 0 aliphatic carbocycles. The molecule has 100 valence electrons. The molecular weight excluding hydrogens is 246 g/mol. The van der Waals surface area contributed by atoms with Crippen molar-refractivity contribution in [3.8, 4) is 0 Å². The quantitative estimate of drug-likeness (QED) is 0.684. The van der Waals surface area contributed by atoms with Crippen molar-refractivity contribution in [2.24, 2.45) is 0 Å². The molecule has 0 aliphatic heterocycles. The van der Waals surface area contributed by atoms with Gasteiger partial charge >= 0.3 is 5.97 Å². The van der Waals surface area contributed by atoms with E-state index in [1.807, 2.05) is 0 Å². The van der Waals surface area contributed by atoms with Crippen LogP contribution in [-0.4, -0.2) is 42.9 Å². The lowest BCUT2D eigenvalue weighted by atomic mass is 10.1. The van der Waals surface area contributed by atoms with Gasteiger partial charge in [-0.3, -0.25) is 9.59 Å². The molecule has 0 spiro atoms. The second-order valence-corrected chi connectivity index (χ2v) is 6.53. The normalized spacial score (nSPS) is 15.0. The Balaban J connectivity index is 4.08.